The molecule has 4 nitrogen and oxygen atoms in total. The van der Waals surface area contributed by atoms with E-state index in [-0.39, 0.29) is 0 Å². The van der Waals surface area contributed by atoms with Crippen LogP contribution in [-0.2, 0) is 19.3 Å². The maximum atomic E-state index is 13.0. The molecule has 1 aromatic carbocycles. The van der Waals surface area contributed by atoms with Crippen molar-refractivity contribution in [2.75, 3.05) is 0 Å². The monoisotopic (exact) mass is 456 g/mol. The van der Waals surface area contributed by atoms with Gasteiger partial charge in [-0.2, -0.15) is 13.2 Å². The normalized spacial score (nSPS) is 11.7. The summed E-state index contributed by atoms with van der Waals surface area (Å²) in [5.41, 5.74) is 0.640. The quantitative estimate of drug-likeness (QED) is 0.474. The van der Waals surface area contributed by atoms with Gasteiger partial charge in [-0.05, 0) is 37.6 Å². The van der Waals surface area contributed by atoms with E-state index in [0.717, 1.165) is 11.3 Å². The van der Waals surface area contributed by atoms with Gasteiger partial charge in [-0.1, -0.05) is 41.4 Å². The second-order valence-electron chi connectivity index (χ2n) is 6.89. The summed E-state index contributed by atoms with van der Waals surface area (Å²) >= 11 is 11.9. The molecule has 2 heterocycles. The molecule has 158 valence electrons. The van der Waals surface area contributed by atoms with Gasteiger partial charge in [0.1, 0.15) is 5.02 Å². The van der Waals surface area contributed by atoms with Crippen LogP contribution in [0.4, 0.5) is 13.2 Å². The lowest BCUT2D eigenvalue weighted by Gasteiger charge is -2.12. The molecule has 2 aromatic heterocycles. The number of hydrogen-bond acceptors (Lipinski definition) is 2. The van der Waals surface area contributed by atoms with E-state index < -0.39 is 34.6 Å². The standard InChI is InChI=1S/C21H17Cl2F3N2O2/c1-12-7-16(13(2)28(12)9-14-5-3-4-6-17(14)22)19(29)11-27-10-15(21(24,25)26)8-18(23)20(27)30/h3-8,10H,9,11H2,1-2H3. The fourth-order valence-electron chi connectivity index (χ4n) is 3.24. The van der Waals surface area contributed by atoms with E-state index in [0.29, 0.717) is 39.7 Å². The third-order valence-corrected chi connectivity index (χ3v) is 5.48. The summed E-state index contributed by atoms with van der Waals surface area (Å²) in [7, 11) is 0. The molecule has 0 atom stereocenters. The molecular formula is C21H17Cl2F3N2O2. The molecule has 0 aliphatic carbocycles. The third kappa shape index (κ3) is 4.47. The Bertz CT molecular complexity index is 1180. The fraction of sp³-hybridized carbons (Fsp3) is 0.238. The largest absolute Gasteiger partial charge is 0.417 e. The number of aryl methyl sites for hydroxylation is 1. The predicted octanol–water partition coefficient (Wildman–Crippen LogP) is 5.52. The lowest BCUT2D eigenvalue weighted by Crippen LogP contribution is -2.26. The molecule has 0 amide bonds. The number of Topliss-reactive ketones (excluding diaryl/α,β-unsaturated/α-hetero) is 1. The van der Waals surface area contributed by atoms with Gasteiger partial charge >= 0.3 is 6.18 Å². The lowest BCUT2D eigenvalue weighted by molar-refractivity contribution is -0.138. The van der Waals surface area contributed by atoms with Crippen LogP contribution in [0.25, 0.3) is 0 Å². The van der Waals surface area contributed by atoms with Gasteiger partial charge in [0.2, 0.25) is 0 Å². The number of hydrogen-bond donors (Lipinski definition) is 0. The van der Waals surface area contributed by atoms with Gasteiger partial charge in [-0.15, -0.1) is 0 Å². The van der Waals surface area contributed by atoms with E-state index in [1.54, 1.807) is 19.1 Å². The number of halogens is 5. The molecule has 0 aliphatic rings. The molecular weight excluding hydrogens is 440 g/mol. The van der Waals surface area contributed by atoms with Crippen LogP contribution in [0.1, 0.15) is 32.9 Å². The van der Waals surface area contributed by atoms with Crippen molar-refractivity contribution in [2.45, 2.75) is 33.1 Å². The molecule has 3 aromatic rings. The molecule has 30 heavy (non-hydrogen) atoms. The van der Waals surface area contributed by atoms with Crippen molar-refractivity contribution in [1.29, 1.82) is 0 Å². The van der Waals surface area contributed by atoms with Crippen LogP contribution in [0, 0.1) is 13.8 Å². The average Bonchev–Trinajstić information content (AvgIpc) is 2.94. The van der Waals surface area contributed by atoms with Crippen molar-refractivity contribution < 1.29 is 18.0 Å². The van der Waals surface area contributed by atoms with Crippen molar-refractivity contribution in [1.82, 2.24) is 9.13 Å². The molecule has 0 aliphatic heterocycles. The maximum absolute atomic E-state index is 13.0. The number of pyridine rings is 1. The summed E-state index contributed by atoms with van der Waals surface area (Å²) in [6.45, 7) is 3.42. The highest BCUT2D eigenvalue weighted by atomic mass is 35.5. The van der Waals surface area contributed by atoms with Crippen molar-refractivity contribution in [2.24, 2.45) is 0 Å². The number of aromatic nitrogens is 2. The fourth-order valence-corrected chi connectivity index (χ4v) is 3.66. The van der Waals surface area contributed by atoms with E-state index >= 15 is 0 Å². The van der Waals surface area contributed by atoms with Crippen LogP contribution >= 0.6 is 23.2 Å². The first-order valence-electron chi connectivity index (χ1n) is 8.89. The minimum Gasteiger partial charge on any atom is -0.344 e. The van der Waals surface area contributed by atoms with E-state index in [9.17, 15) is 22.8 Å². The zero-order valence-corrected chi connectivity index (χ0v) is 17.6. The topological polar surface area (TPSA) is 44.0 Å². The lowest BCUT2D eigenvalue weighted by atomic mass is 10.1. The Labute approximate surface area is 180 Å². The Morgan fingerprint density at radius 1 is 1.07 bits per heavy atom. The van der Waals surface area contributed by atoms with E-state index in [1.165, 1.54) is 0 Å². The highest BCUT2D eigenvalue weighted by molar-refractivity contribution is 6.31. The Morgan fingerprint density at radius 2 is 1.73 bits per heavy atom. The van der Waals surface area contributed by atoms with Crippen molar-refractivity contribution in [3.63, 3.8) is 0 Å². The van der Waals surface area contributed by atoms with Gasteiger partial charge in [0, 0.05) is 34.7 Å². The van der Waals surface area contributed by atoms with Crippen LogP contribution < -0.4 is 5.56 Å². The maximum Gasteiger partial charge on any atom is 0.417 e. The summed E-state index contributed by atoms with van der Waals surface area (Å²) in [6.07, 6.45) is -4.08. The Kier molecular flexibility index (Phi) is 6.15. The van der Waals surface area contributed by atoms with E-state index in [1.807, 2.05) is 29.7 Å². The molecule has 0 unspecified atom stereocenters. The number of ketones is 1. The summed E-state index contributed by atoms with van der Waals surface area (Å²) in [5.74, 6) is -0.494. The number of rotatable bonds is 5. The van der Waals surface area contributed by atoms with Crippen LogP contribution in [0.2, 0.25) is 10.0 Å². The summed E-state index contributed by atoms with van der Waals surface area (Å²) in [6, 6.07) is 9.50. The van der Waals surface area contributed by atoms with Crippen molar-refractivity contribution in [3.05, 3.63) is 91.1 Å². The SMILES string of the molecule is Cc1cc(C(=O)Cn2cc(C(F)(F)F)cc(Cl)c2=O)c(C)n1Cc1ccccc1Cl. The molecule has 9 heteroatoms. The second-order valence-corrected chi connectivity index (χ2v) is 7.71. The summed E-state index contributed by atoms with van der Waals surface area (Å²) < 4.78 is 41.7. The molecule has 0 spiro atoms. The Hall–Kier alpha value is -2.51. The highest BCUT2D eigenvalue weighted by Gasteiger charge is 2.32. The van der Waals surface area contributed by atoms with E-state index in [4.69, 9.17) is 23.2 Å². The smallest absolute Gasteiger partial charge is 0.344 e. The second kappa shape index (κ2) is 8.32. The first kappa shape index (κ1) is 22.2. The third-order valence-electron chi connectivity index (χ3n) is 4.84. The minimum absolute atomic E-state index is 0.319. The summed E-state index contributed by atoms with van der Waals surface area (Å²) in [5, 5.41) is -0.00939. The van der Waals surface area contributed by atoms with Gasteiger partial charge in [0.25, 0.3) is 5.56 Å². The van der Waals surface area contributed by atoms with Crippen LogP contribution in [0.5, 0.6) is 0 Å². The number of alkyl halides is 3. The zero-order valence-electron chi connectivity index (χ0n) is 16.1. The number of benzene rings is 1. The number of nitrogens with zero attached hydrogens (tertiary/aromatic N) is 2. The van der Waals surface area contributed by atoms with E-state index in [2.05, 4.69) is 0 Å². The Balaban J connectivity index is 1.93. The summed E-state index contributed by atoms with van der Waals surface area (Å²) in [4.78, 5) is 25.0. The highest BCUT2D eigenvalue weighted by Crippen LogP contribution is 2.30. The average molecular weight is 457 g/mol. The predicted molar refractivity (Wildman–Crippen MR) is 110 cm³/mol. The molecule has 0 saturated carbocycles. The first-order valence-corrected chi connectivity index (χ1v) is 9.65. The number of carbonyl (C=O) groups excluding carboxylic acids is 1. The zero-order chi connectivity index (χ0) is 22.2. The molecule has 0 N–H and O–H groups in total. The van der Waals surface area contributed by atoms with Crippen molar-refractivity contribution in [3.8, 4) is 0 Å². The minimum atomic E-state index is -4.69. The molecule has 0 fully saturated rings. The van der Waals surface area contributed by atoms with Gasteiger partial charge in [-0.25, -0.2) is 0 Å². The Morgan fingerprint density at radius 3 is 2.37 bits per heavy atom. The number of carbonyl (C=O) groups is 1. The van der Waals surface area contributed by atoms with Gasteiger partial charge in [0.05, 0.1) is 12.1 Å². The molecule has 0 bridgehead atoms. The van der Waals surface area contributed by atoms with Gasteiger partial charge in [0.15, 0.2) is 5.78 Å². The molecule has 0 saturated heterocycles. The van der Waals surface area contributed by atoms with Crippen LogP contribution in [0.3, 0.4) is 0 Å². The molecule has 0 radical (unpaired) electrons. The van der Waals surface area contributed by atoms with Gasteiger partial charge < -0.3 is 9.13 Å². The van der Waals surface area contributed by atoms with Gasteiger partial charge in [-0.3, -0.25) is 9.59 Å². The van der Waals surface area contributed by atoms with Crippen LogP contribution in [0.15, 0.2) is 47.4 Å². The van der Waals surface area contributed by atoms with Crippen LogP contribution in [-0.4, -0.2) is 14.9 Å². The first-order chi connectivity index (χ1) is 14.0. The van der Waals surface area contributed by atoms with Crippen molar-refractivity contribution >= 4 is 29.0 Å². The molecule has 3 rings (SSSR count).